The monoisotopic (exact) mass is 284 g/mol. The van der Waals surface area contributed by atoms with Gasteiger partial charge in [-0.1, -0.05) is 0 Å². The predicted octanol–water partition coefficient (Wildman–Crippen LogP) is 1.14. The molecular formula is C9H9F5N4O. The summed E-state index contributed by atoms with van der Waals surface area (Å²) in [6.45, 7) is -1.61. The second kappa shape index (κ2) is 5.78. The standard InChI is InChI=1S/C9H9F5N4O/c10-5-4(1-2-16-6(5)18-15)7(19)17-3-9(13,14)8(11)12/h1-2,8H,3,15H2,(H,16,18)(H,17,19). The molecule has 0 radical (unpaired) electrons. The number of nitrogen functional groups attached to an aromatic ring is 1. The highest BCUT2D eigenvalue weighted by Crippen LogP contribution is 2.22. The highest BCUT2D eigenvalue weighted by atomic mass is 19.3. The maximum Gasteiger partial charge on any atom is 0.324 e. The number of carbonyl (C=O) groups excluding carboxylic acids is 1. The number of hydrazine groups is 1. The number of carbonyl (C=O) groups is 1. The van der Waals surface area contributed by atoms with Crippen molar-refractivity contribution < 1.29 is 26.7 Å². The van der Waals surface area contributed by atoms with Gasteiger partial charge in [-0.3, -0.25) is 4.79 Å². The van der Waals surface area contributed by atoms with Gasteiger partial charge in [-0.05, 0) is 6.07 Å². The SMILES string of the molecule is NNc1nccc(C(=O)NCC(F)(F)C(F)F)c1F. The van der Waals surface area contributed by atoms with Crippen LogP contribution in [-0.4, -0.2) is 29.8 Å². The van der Waals surface area contributed by atoms with E-state index in [0.717, 1.165) is 12.3 Å². The Morgan fingerprint density at radius 3 is 2.63 bits per heavy atom. The number of nitrogens with zero attached hydrogens (tertiary/aromatic N) is 1. The molecule has 0 aliphatic rings. The molecule has 4 N–H and O–H groups in total. The first-order chi connectivity index (χ1) is 8.79. The van der Waals surface area contributed by atoms with E-state index in [-0.39, 0.29) is 0 Å². The molecule has 1 amide bonds. The molecule has 0 unspecified atom stereocenters. The van der Waals surface area contributed by atoms with E-state index in [1.54, 1.807) is 0 Å². The molecule has 19 heavy (non-hydrogen) atoms. The van der Waals surface area contributed by atoms with Crippen LogP contribution in [0.25, 0.3) is 0 Å². The van der Waals surface area contributed by atoms with Crippen molar-refractivity contribution in [2.24, 2.45) is 5.84 Å². The average molecular weight is 284 g/mol. The van der Waals surface area contributed by atoms with Gasteiger partial charge in [0.05, 0.1) is 12.1 Å². The summed E-state index contributed by atoms with van der Waals surface area (Å²) in [6.07, 6.45) is -2.94. The molecule has 1 rings (SSSR count). The van der Waals surface area contributed by atoms with Crippen molar-refractivity contribution >= 4 is 11.7 Å². The number of aromatic nitrogens is 1. The fraction of sp³-hybridized carbons (Fsp3) is 0.333. The minimum absolute atomic E-state index is 0.478. The Morgan fingerprint density at radius 2 is 2.11 bits per heavy atom. The first kappa shape index (κ1) is 15.1. The molecule has 5 nitrogen and oxygen atoms in total. The summed E-state index contributed by atoms with van der Waals surface area (Å²) in [7, 11) is 0. The second-order valence-electron chi connectivity index (χ2n) is 3.41. The first-order valence-corrected chi connectivity index (χ1v) is 4.85. The Kier molecular flexibility index (Phi) is 4.59. The van der Waals surface area contributed by atoms with Crippen LogP contribution in [0.1, 0.15) is 10.4 Å². The molecule has 1 aromatic heterocycles. The van der Waals surface area contributed by atoms with E-state index < -0.39 is 42.0 Å². The Hall–Kier alpha value is -1.97. The van der Waals surface area contributed by atoms with Gasteiger partial charge in [-0.2, -0.15) is 8.78 Å². The summed E-state index contributed by atoms with van der Waals surface area (Å²) in [5, 5.41) is 1.51. The molecule has 0 aliphatic heterocycles. The molecule has 0 fully saturated rings. The molecule has 1 aromatic rings. The van der Waals surface area contributed by atoms with Crippen LogP contribution in [0.5, 0.6) is 0 Å². The van der Waals surface area contributed by atoms with Crippen LogP contribution in [0.3, 0.4) is 0 Å². The normalized spacial score (nSPS) is 11.5. The molecule has 0 saturated carbocycles. The Labute approximate surface area is 104 Å². The van der Waals surface area contributed by atoms with Crippen LogP contribution < -0.4 is 16.6 Å². The molecule has 0 aliphatic carbocycles. The van der Waals surface area contributed by atoms with E-state index in [2.05, 4.69) is 4.98 Å². The molecule has 0 saturated heterocycles. The number of pyridine rings is 1. The van der Waals surface area contributed by atoms with Crippen LogP contribution in [0, 0.1) is 5.82 Å². The molecule has 0 spiro atoms. The van der Waals surface area contributed by atoms with Gasteiger partial charge in [0.15, 0.2) is 11.6 Å². The number of hydrogen-bond donors (Lipinski definition) is 3. The topological polar surface area (TPSA) is 80.0 Å². The lowest BCUT2D eigenvalue weighted by Gasteiger charge is -2.16. The summed E-state index contributed by atoms with van der Waals surface area (Å²) >= 11 is 0. The van der Waals surface area contributed by atoms with E-state index in [1.807, 2.05) is 5.43 Å². The number of nitrogens with two attached hydrogens (primary N) is 1. The largest absolute Gasteiger partial charge is 0.346 e. The third-order valence-electron chi connectivity index (χ3n) is 2.07. The van der Waals surface area contributed by atoms with Gasteiger partial charge in [0.25, 0.3) is 5.91 Å². The van der Waals surface area contributed by atoms with Crippen molar-refractivity contribution in [1.82, 2.24) is 10.3 Å². The number of hydrogen-bond acceptors (Lipinski definition) is 4. The third-order valence-corrected chi connectivity index (χ3v) is 2.07. The Bertz CT molecular complexity index is 468. The fourth-order valence-corrected chi connectivity index (χ4v) is 1.09. The minimum atomic E-state index is -4.39. The van der Waals surface area contributed by atoms with E-state index in [1.165, 1.54) is 5.32 Å². The van der Waals surface area contributed by atoms with Crippen molar-refractivity contribution in [3.05, 3.63) is 23.6 Å². The van der Waals surface area contributed by atoms with Crippen LogP contribution in [0.2, 0.25) is 0 Å². The van der Waals surface area contributed by atoms with E-state index in [4.69, 9.17) is 5.84 Å². The van der Waals surface area contributed by atoms with Crippen LogP contribution in [-0.2, 0) is 0 Å². The van der Waals surface area contributed by atoms with Crippen molar-refractivity contribution in [3.63, 3.8) is 0 Å². The summed E-state index contributed by atoms with van der Waals surface area (Å²) in [5.74, 6) is -2.43. The first-order valence-electron chi connectivity index (χ1n) is 4.85. The summed E-state index contributed by atoms with van der Waals surface area (Å²) in [4.78, 5) is 14.8. The molecule has 10 heteroatoms. The Morgan fingerprint density at radius 1 is 1.47 bits per heavy atom. The van der Waals surface area contributed by atoms with Crippen LogP contribution in [0.15, 0.2) is 12.3 Å². The zero-order valence-corrected chi connectivity index (χ0v) is 9.26. The van der Waals surface area contributed by atoms with Gasteiger partial charge in [0, 0.05) is 6.20 Å². The third kappa shape index (κ3) is 3.50. The lowest BCUT2D eigenvalue weighted by atomic mass is 10.2. The van der Waals surface area contributed by atoms with Crippen molar-refractivity contribution in [3.8, 4) is 0 Å². The van der Waals surface area contributed by atoms with Gasteiger partial charge >= 0.3 is 12.3 Å². The fourth-order valence-electron chi connectivity index (χ4n) is 1.09. The summed E-state index contributed by atoms with van der Waals surface area (Å²) in [6, 6.07) is 0.895. The van der Waals surface area contributed by atoms with Crippen molar-refractivity contribution in [1.29, 1.82) is 0 Å². The molecule has 1 heterocycles. The van der Waals surface area contributed by atoms with Gasteiger partial charge in [-0.15, -0.1) is 0 Å². The lowest BCUT2D eigenvalue weighted by molar-refractivity contribution is -0.123. The second-order valence-corrected chi connectivity index (χ2v) is 3.41. The number of halogens is 5. The number of nitrogens with one attached hydrogen (secondary N) is 2. The highest BCUT2D eigenvalue weighted by molar-refractivity contribution is 5.95. The lowest BCUT2D eigenvalue weighted by Crippen LogP contribution is -2.41. The molecule has 106 valence electrons. The summed E-state index contributed by atoms with van der Waals surface area (Å²) < 4.78 is 62.3. The van der Waals surface area contributed by atoms with E-state index in [0.29, 0.717) is 0 Å². The predicted molar refractivity (Wildman–Crippen MR) is 55.3 cm³/mol. The maximum atomic E-state index is 13.5. The zero-order valence-electron chi connectivity index (χ0n) is 9.26. The Balaban J connectivity index is 2.80. The number of alkyl halides is 4. The smallest absolute Gasteiger partial charge is 0.324 e. The van der Waals surface area contributed by atoms with Gasteiger partial charge in [-0.25, -0.2) is 24.0 Å². The van der Waals surface area contributed by atoms with Crippen molar-refractivity contribution in [2.45, 2.75) is 12.3 Å². The van der Waals surface area contributed by atoms with E-state index >= 15 is 0 Å². The van der Waals surface area contributed by atoms with Crippen LogP contribution in [0.4, 0.5) is 27.8 Å². The zero-order chi connectivity index (χ0) is 14.6. The molecular weight excluding hydrogens is 275 g/mol. The van der Waals surface area contributed by atoms with Gasteiger partial charge < -0.3 is 10.7 Å². The quantitative estimate of drug-likeness (QED) is 0.430. The highest BCUT2D eigenvalue weighted by Gasteiger charge is 2.41. The molecule has 0 bridgehead atoms. The average Bonchev–Trinajstić information content (AvgIpc) is 2.36. The summed E-state index contributed by atoms with van der Waals surface area (Å²) in [5.41, 5.74) is 1.20. The van der Waals surface area contributed by atoms with Crippen LogP contribution >= 0.6 is 0 Å². The maximum absolute atomic E-state index is 13.5. The van der Waals surface area contributed by atoms with Gasteiger partial charge in [0.2, 0.25) is 0 Å². The number of anilines is 1. The molecule has 0 atom stereocenters. The van der Waals surface area contributed by atoms with E-state index in [9.17, 15) is 26.7 Å². The number of rotatable bonds is 5. The number of amides is 1. The van der Waals surface area contributed by atoms with Gasteiger partial charge in [0.1, 0.15) is 0 Å². The minimum Gasteiger partial charge on any atom is -0.346 e. The van der Waals surface area contributed by atoms with Crippen molar-refractivity contribution in [2.75, 3.05) is 12.0 Å². The molecule has 0 aromatic carbocycles.